The Morgan fingerprint density at radius 1 is 1.19 bits per heavy atom. The lowest BCUT2D eigenvalue weighted by Gasteiger charge is -2.31. The maximum atomic E-state index is 13.2. The van der Waals surface area contributed by atoms with Crippen LogP contribution < -0.4 is 15.3 Å². The first-order valence-corrected chi connectivity index (χ1v) is 9.33. The highest BCUT2D eigenvalue weighted by Crippen LogP contribution is 2.38. The van der Waals surface area contributed by atoms with Crippen LogP contribution in [0.15, 0.2) is 35.1 Å². The Balaban J connectivity index is 1.56. The highest BCUT2D eigenvalue weighted by atomic mass is 16.5. The monoisotopic (exact) mass is 363 g/mol. The number of carbonyl (C=O) groups excluding carboxylic acids is 1. The van der Waals surface area contributed by atoms with Crippen molar-refractivity contribution in [3.05, 3.63) is 57.5 Å². The molecule has 0 spiro atoms. The Morgan fingerprint density at radius 2 is 2.00 bits per heavy atom. The van der Waals surface area contributed by atoms with Crippen LogP contribution in [0.25, 0.3) is 11.0 Å². The molecule has 27 heavy (non-hydrogen) atoms. The number of rotatable bonds is 2. The number of carbonyl (C=O) groups is 1. The van der Waals surface area contributed by atoms with Crippen LogP contribution in [0.2, 0.25) is 0 Å². The van der Waals surface area contributed by atoms with Crippen molar-refractivity contribution < 1.29 is 9.53 Å². The minimum Gasteiger partial charge on any atom is -0.489 e. The Kier molecular flexibility index (Phi) is 3.44. The first-order chi connectivity index (χ1) is 13.0. The molecule has 2 aromatic carbocycles. The zero-order valence-electron chi connectivity index (χ0n) is 15.4. The molecular formula is C21H21N3O3. The third-order valence-corrected chi connectivity index (χ3v) is 5.37. The van der Waals surface area contributed by atoms with Crippen LogP contribution in [0.3, 0.4) is 0 Å². The number of aryl methyl sites for hydroxylation is 2. The predicted octanol–water partition coefficient (Wildman–Crippen LogP) is 3.32. The fraction of sp³-hybridized carbons (Fsp3) is 0.333. The number of aromatic amines is 1. The van der Waals surface area contributed by atoms with Crippen molar-refractivity contribution in [1.29, 1.82) is 0 Å². The number of hydrogen-bond donors (Lipinski definition) is 1. The molecule has 6 heteroatoms. The Hall–Kier alpha value is -3.02. The van der Waals surface area contributed by atoms with Gasteiger partial charge in [-0.15, -0.1) is 0 Å². The summed E-state index contributed by atoms with van der Waals surface area (Å²) in [4.78, 5) is 30.1. The highest BCUT2D eigenvalue weighted by molar-refractivity contribution is 6.08. The minimum absolute atomic E-state index is 0.0773. The second-order valence-corrected chi connectivity index (χ2v) is 7.50. The summed E-state index contributed by atoms with van der Waals surface area (Å²) in [7, 11) is 0. The van der Waals surface area contributed by atoms with Gasteiger partial charge in [0, 0.05) is 11.6 Å². The molecule has 1 saturated carbocycles. The number of nitrogens with one attached hydrogen (secondary N) is 1. The van der Waals surface area contributed by atoms with Gasteiger partial charge in [-0.25, -0.2) is 4.79 Å². The average Bonchev–Trinajstić information content (AvgIpc) is 3.42. The number of anilines is 1. The van der Waals surface area contributed by atoms with Gasteiger partial charge in [0.25, 0.3) is 5.91 Å². The van der Waals surface area contributed by atoms with Crippen molar-refractivity contribution >= 4 is 22.6 Å². The molecule has 0 bridgehead atoms. The molecule has 6 nitrogen and oxygen atoms in total. The van der Waals surface area contributed by atoms with Crippen molar-refractivity contribution in [3.63, 3.8) is 0 Å². The molecule has 3 aromatic rings. The Bertz CT molecular complexity index is 1140. The van der Waals surface area contributed by atoms with Gasteiger partial charge in [0.1, 0.15) is 12.4 Å². The second kappa shape index (κ2) is 5.74. The smallest absolute Gasteiger partial charge is 0.326 e. The van der Waals surface area contributed by atoms with Gasteiger partial charge in [-0.2, -0.15) is 0 Å². The van der Waals surface area contributed by atoms with Gasteiger partial charge >= 0.3 is 5.69 Å². The maximum absolute atomic E-state index is 13.2. The van der Waals surface area contributed by atoms with E-state index in [-0.39, 0.29) is 11.6 Å². The average molecular weight is 363 g/mol. The number of amides is 1. The van der Waals surface area contributed by atoms with E-state index in [2.05, 4.69) is 11.1 Å². The van der Waals surface area contributed by atoms with Gasteiger partial charge in [-0.3, -0.25) is 9.36 Å². The minimum atomic E-state index is -0.0972. The third-order valence-electron chi connectivity index (χ3n) is 5.37. The summed E-state index contributed by atoms with van der Waals surface area (Å²) in [5, 5.41) is 0. The molecule has 1 aliphatic carbocycles. The van der Waals surface area contributed by atoms with Crippen LogP contribution in [0, 0.1) is 13.8 Å². The van der Waals surface area contributed by atoms with Gasteiger partial charge in [0.05, 0.1) is 23.3 Å². The van der Waals surface area contributed by atoms with E-state index in [0.29, 0.717) is 30.3 Å². The molecule has 138 valence electrons. The standard InChI is InChI=1S/C21H21N3O3/c1-12-9-13(2)19-18(10-12)23(7-8-27-19)20(25)14-3-6-17-16(11-14)22-21(26)24(17)15-4-5-15/h3,6,9-11,15H,4-5,7-8H2,1-2H3,(H,22,26). The molecule has 2 aliphatic rings. The summed E-state index contributed by atoms with van der Waals surface area (Å²) in [6.07, 6.45) is 2.08. The van der Waals surface area contributed by atoms with E-state index in [1.807, 2.05) is 32.0 Å². The molecule has 1 amide bonds. The topological polar surface area (TPSA) is 67.3 Å². The molecule has 1 N–H and O–H groups in total. The number of aromatic nitrogens is 2. The number of benzene rings is 2. The SMILES string of the molecule is Cc1cc(C)c2c(c1)N(C(=O)c1ccc3c(c1)[nH]c(=O)n3C1CC1)CCO2. The van der Waals surface area contributed by atoms with Crippen molar-refractivity contribution in [2.24, 2.45) is 0 Å². The summed E-state index contributed by atoms with van der Waals surface area (Å²) in [6, 6.07) is 9.82. The number of H-pyrrole nitrogens is 1. The Morgan fingerprint density at radius 3 is 2.78 bits per heavy atom. The van der Waals surface area contributed by atoms with Crippen molar-refractivity contribution in [3.8, 4) is 5.75 Å². The van der Waals surface area contributed by atoms with Crippen molar-refractivity contribution in [2.45, 2.75) is 32.7 Å². The number of hydrogen-bond acceptors (Lipinski definition) is 3. The molecule has 1 aromatic heterocycles. The van der Waals surface area contributed by atoms with Crippen molar-refractivity contribution in [1.82, 2.24) is 9.55 Å². The van der Waals surface area contributed by atoms with Crippen LogP contribution in [0.4, 0.5) is 5.69 Å². The van der Waals surface area contributed by atoms with Crippen LogP contribution in [0.1, 0.15) is 40.4 Å². The van der Waals surface area contributed by atoms with E-state index in [1.165, 1.54) is 0 Å². The lowest BCUT2D eigenvalue weighted by atomic mass is 10.1. The first kappa shape index (κ1) is 16.2. The molecule has 0 unspecified atom stereocenters. The molecular weight excluding hydrogens is 342 g/mol. The van der Waals surface area contributed by atoms with Crippen LogP contribution >= 0.6 is 0 Å². The first-order valence-electron chi connectivity index (χ1n) is 9.33. The van der Waals surface area contributed by atoms with Gasteiger partial charge in [-0.05, 0) is 62.1 Å². The maximum Gasteiger partial charge on any atom is 0.326 e. The molecule has 1 aliphatic heterocycles. The molecule has 0 radical (unpaired) electrons. The van der Waals surface area contributed by atoms with Gasteiger partial charge in [0.2, 0.25) is 0 Å². The normalized spacial score (nSPS) is 16.3. The Labute approximate surface area is 156 Å². The summed E-state index contributed by atoms with van der Waals surface area (Å²) in [5.74, 6) is 0.695. The van der Waals surface area contributed by atoms with Crippen LogP contribution in [0.5, 0.6) is 5.75 Å². The molecule has 5 rings (SSSR count). The fourth-order valence-electron chi connectivity index (χ4n) is 4.01. The predicted molar refractivity (Wildman–Crippen MR) is 104 cm³/mol. The van der Waals surface area contributed by atoms with E-state index in [4.69, 9.17) is 4.74 Å². The number of fused-ring (bicyclic) bond motifs is 2. The largest absolute Gasteiger partial charge is 0.489 e. The zero-order chi connectivity index (χ0) is 18.7. The van der Waals surface area contributed by atoms with Crippen molar-refractivity contribution in [2.75, 3.05) is 18.1 Å². The van der Waals surface area contributed by atoms with E-state index in [9.17, 15) is 9.59 Å². The molecule has 0 atom stereocenters. The van der Waals surface area contributed by atoms with E-state index >= 15 is 0 Å². The molecule has 1 fully saturated rings. The van der Waals surface area contributed by atoms with E-state index in [0.717, 1.165) is 40.9 Å². The summed E-state index contributed by atoms with van der Waals surface area (Å²) < 4.78 is 7.61. The summed E-state index contributed by atoms with van der Waals surface area (Å²) >= 11 is 0. The fourth-order valence-corrected chi connectivity index (χ4v) is 4.01. The summed E-state index contributed by atoms with van der Waals surface area (Å²) in [5.41, 5.74) is 4.99. The number of nitrogens with zero attached hydrogens (tertiary/aromatic N) is 2. The van der Waals surface area contributed by atoms with E-state index in [1.54, 1.807) is 15.5 Å². The lowest BCUT2D eigenvalue weighted by molar-refractivity contribution is 0.0976. The van der Waals surface area contributed by atoms with E-state index < -0.39 is 0 Å². The second-order valence-electron chi connectivity index (χ2n) is 7.50. The lowest BCUT2D eigenvalue weighted by Crippen LogP contribution is -2.38. The van der Waals surface area contributed by atoms with Crippen LogP contribution in [-0.2, 0) is 0 Å². The number of imidazole rings is 1. The summed E-state index contributed by atoms with van der Waals surface area (Å²) in [6.45, 7) is 4.99. The van der Waals surface area contributed by atoms with Gasteiger partial charge in [0.15, 0.2) is 0 Å². The number of ether oxygens (including phenoxy) is 1. The van der Waals surface area contributed by atoms with Crippen LogP contribution in [-0.4, -0.2) is 28.6 Å². The molecule has 2 heterocycles. The molecule has 0 saturated heterocycles. The zero-order valence-corrected chi connectivity index (χ0v) is 15.4. The van der Waals surface area contributed by atoms with Gasteiger partial charge < -0.3 is 14.6 Å². The van der Waals surface area contributed by atoms with Gasteiger partial charge in [-0.1, -0.05) is 6.07 Å². The quantitative estimate of drug-likeness (QED) is 0.759. The third kappa shape index (κ3) is 2.55. The highest BCUT2D eigenvalue weighted by Gasteiger charge is 2.29.